The first-order valence-corrected chi connectivity index (χ1v) is 7.32. The molecule has 5 heteroatoms. The summed E-state index contributed by atoms with van der Waals surface area (Å²) in [5.41, 5.74) is 2.20. The van der Waals surface area contributed by atoms with Gasteiger partial charge in [-0.25, -0.2) is 0 Å². The van der Waals surface area contributed by atoms with E-state index in [0.717, 1.165) is 30.0 Å². The van der Waals surface area contributed by atoms with Crippen LogP contribution < -0.4 is 15.4 Å². The topological polar surface area (TPSA) is 50.4 Å². The Labute approximate surface area is 133 Å². The SMILES string of the molecule is CCOc1cc(C)ccc1CNC(=O)C(C)C1CNC1.Cl. The van der Waals surface area contributed by atoms with Gasteiger partial charge in [0, 0.05) is 18.0 Å². The third-order valence-electron chi connectivity index (χ3n) is 3.91. The molecule has 0 saturated carbocycles. The molecule has 1 amide bonds. The number of benzene rings is 1. The van der Waals surface area contributed by atoms with Gasteiger partial charge in [0.2, 0.25) is 5.91 Å². The Bertz CT molecular complexity index is 475. The molecule has 0 aliphatic carbocycles. The Kier molecular flexibility index (Phi) is 6.99. The summed E-state index contributed by atoms with van der Waals surface area (Å²) in [5.74, 6) is 1.53. The van der Waals surface area contributed by atoms with Gasteiger partial charge in [0.05, 0.1) is 6.61 Å². The van der Waals surface area contributed by atoms with Gasteiger partial charge in [-0.3, -0.25) is 4.79 Å². The summed E-state index contributed by atoms with van der Waals surface area (Å²) in [6, 6.07) is 6.09. The van der Waals surface area contributed by atoms with Crippen molar-refractivity contribution in [3.63, 3.8) is 0 Å². The number of hydrogen-bond donors (Lipinski definition) is 2. The molecule has 2 rings (SSSR count). The van der Waals surface area contributed by atoms with Crippen molar-refractivity contribution in [1.82, 2.24) is 10.6 Å². The maximum absolute atomic E-state index is 12.1. The van der Waals surface area contributed by atoms with Gasteiger partial charge in [0.15, 0.2) is 0 Å². The summed E-state index contributed by atoms with van der Waals surface area (Å²) in [6.07, 6.45) is 0. The molecule has 1 atom stereocenters. The molecule has 0 radical (unpaired) electrons. The zero-order valence-corrected chi connectivity index (χ0v) is 13.8. The Morgan fingerprint density at radius 2 is 2.19 bits per heavy atom. The fraction of sp³-hybridized carbons (Fsp3) is 0.562. The lowest BCUT2D eigenvalue weighted by Crippen LogP contribution is -2.49. The van der Waals surface area contributed by atoms with Crippen molar-refractivity contribution in [2.45, 2.75) is 27.3 Å². The van der Waals surface area contributed by atoms with Crippen molar-refractivity contribution in [3.8, 4) is 5.75 Å². The average Bonchev–Trinajstić information content (AvgIpc) is 2.35. The maximum Gasteiger partial charge on any atom is 0.223 e. The van der Waals surface area contributed by atoms with Crippen LogP contribution in [0.4, 0.5) is 0 Å². The second kappa shape index (κ2) is 8.25. The normalized spacial score (nSPS) is 15.6. The van der Waals surface area contributed by atoms with Crippen molar-refractivity contribution in [2.75, 3.05) is 19.7 Å². The molecular weight excluding hydrogens is 288 g/mol. The van der Waals surface area contributed by atoms with E-state index in [9.17, 15) is 4.79 Å². The summed E-state index contributed by atoms with van der Waals surface area (Å²) in [7, 11) is 0. The predicted octanol–water partition coefficient (Wildman–Crippen LogP) is 2.29. The average molecular weight is 313 g/mol. The van der Waals surface area contributed by atoms with E-state index in [0.29, 0.717) is 19.1 Å². The lowest BCUT2D eigenvalue weighted by molar-refractivity contribution is -0.126. The van der Waals surface area contributed by atoms with Crippen LogP contribution in [0.25, 0.3) is 0 Å². The summed E-state index contributed by atoms with van der Waals surface area (Å²) in [5, 5.41) is 6.22. The minimum absolute atomic E-state index is 0. The molecule has 0 spiro atoms. The summed E-state index contributed by atoms with van der Waals surface area (Å²) < 4.78 is 5.63. The van der Waals surface area contributed by atoms with E-state index in [1.165, 1.54) is 0 Å². The van der Waals surface area contributed by atoms with E-state index in [2.05, 4.69) is 10.6 Å². The first-order chi connectivity index (χ1) is 9.61. The van der Waals surface area contributed by atoms with E-state index >= 15 is 0 Å². The zero-order valence-electron chi connectivity index (χ0n) is 12.9. The highest BCUT2D eigenvalue weighted by atomic mass is 35.5. The maximum atomic E-state index is 12.1. The molecule has 1 aliphatic heterocycles. The molecule has 1 saturated heterocycles. The fourth-order valence-corrected chi connectivity index (χ4v) is 2.32. The number of hydrogen-bond acceptors (Lipinski definition) is 3. The second-order valence-electron chi connectivity index (χ2n) is 5.47. The smallest absolute Gasteiger partial charge is 0.223 e. The van der Waals surface area contributed by atoms with Crippen molar-refractivity contribution >= 4 is 18.3 Å². The molecule has 21 heavy (non-hydrogen) atoms. The van der Waals surface area contributed by atoms with Gasteiger partial charge in [-0.1, -0.05) is 19.1 Å². The number of rotatable bonds is 6. The molecule has 0 aromatic heterocycles. The monoisotopic (exact) mass is 312 g/mol. The number of amides is 1. The van der Waals surface area contributed by atoms with Crippen LogP contribution in [0, 0.1) is 18.8 Å². The number of carbonyl (C=O) groups excluding carboxylic acids is 1. The molecule has 1 aliphatic rings. The largest absolute Gasteiger partial charge is 0.494 e. The summed E-state index contributed by atoms with van der Waals surface area (Å²) in [4.78, 5) is 12.1. The van der Waals surface area contributed by atoms with E-state index in [-0.39, 0.29) is 24.2 Å². The Hall–Kier alpha value is -1.26. The number of carbonyl (C=O) groups is 1. The molecule has 1 unspecified atom stereocenters. The fourth-order valence-electron chi connectivity index (χ4n) is 2.32. The van der Waals surface area contributed by atoms with Crippen molar-refractivity contribution in [1.29, 1.82) is 0 Å². The van der Waals surface area contributed by atoms with E-state index < -0.39 is 0 Å². The number of nitrogens with one attached hydrogen (secondary N) is 2. The molecule has 118 valence electrons. The van der Waals surface area contributed by atoms with Gasteiger partial charge >= 0.3 is 0 Å². The lowest BCUT2D eigenvalue weighted by Gasteiger charge is -2.31. The van der Waals surface area contributed by atoms with E-state index in [1.54, 1.807) is 0 Å². The highest BCUT2D eigenvalue weighted by Gasteiger charge is 2.28. The van der Waals surface area contributed by atoms with Crippen LogP contribution in [0.15, 0.2) is 18.2 Å². The van der Waals surface area contributed by atoms with Gasteiger partial charge in [0.1, 0.15) is 5.75 Å². The molecular formula is C16H25ClN2O2. The Morgan fingerprint density at radius 1 is 1.48 bits per heavy atom. The lowest BCUT2D eigenvalue weighted by atomic mass is 9.88. The van der Waals surface area contributed by atoms with Gasteiger partial charge < -0.3 is 15.4 Å². The molecule has 2 N–H and O–H groups in total. The van der Waals surface area contributed by atoms with E-state index in [1.807, 2.05) is 39.0 Å². The van der Waals surface area contributed by atoms with Gasteiger partial charge in [-0.2, -0.15) is 0 Å². The highest BCUT2D eigenvalue weighted by molar-refractivity contribution is 5.85. The molecule has 1 aromatic carbocycles. The minimum atomic E-state index is 0. The third kappa shape index (κ3) is 4.61. The number of halogens is 1. The molecule has 1 heterocycles. The van der Waals surface area contributed by atoms with Crippen molar-refractivity contribution < 1.29 is 9.53 Å². The van der Waals surface area contributed by atoms with Crippen molar-refractivity contribution in [3.05, 3.63) is 29.3 Å². The molecule has 0 bridgehead atoms. The minimum Gasteiger partial charge on any atom is -0.494 e. The van der Waals surface area contributed by atoms with Gasteiger partial charge in [0.25, 0.3) is 0 Å². The van der Waals surface area contributed by atoms with Crippen LogP contribution in [-0.4, -0.2) is 25.6 Å². The second-order valence-corrected chi connectivity index (χ2v) is 5.47. The van der Waals surface area contributed by atoms with Crippen LogP contribution in [0.1, 0.15) is 25.0 Å². The first kappa shape index (κ1) is 17.8. The van der Waals surface area contributed by atoms with Crippen LogP contribution in [0.5, 0.6) is 5.75 Å². The summed E-state index contributed by atoms with van der Waals surface area (Å²) in [6.45, 7) is 9.06. The third-order valence-corrected chi connectivity index (χ3v) is 3.91. The predicted molar refractivity (Wildman–Crippen MR) is 87.0 cm³/mol. The van der Waals surface area contributed by atoms with Crippen LogP contribution in [0.3, 0.4) is 0 Å². The van der Waals surface area contributed by atoms with Crippen LogP contribution in [0.2, 0.25) is 0 Å². The van der Waals surface area contributed by atoms with Crippen LogP contribution >= 0.6 is 12.4 Å². The van der Waals surface area contributed by atoms with Crippen LogP contribution in [-0.2, 0) is 11.3 Å². The highest BCUT2D eigenvalue weighted by Crippen LogP contribution is 2.21. The quantitative estimate of drug-likeness (QED) is 0.847. The first-order valence-electron chi connectivity index (χ1n) is 7.32. The van der Waals surface area contributed by atoms with Gasteiger partial charge in [-0.05, 0) is 44.5 Å². The molecule has 1 fully saturated rings. The van der Waals surface area contributed by atoms with Crippen molar-refractivity contribution in [2.24, 2.45) is 11.8 Å². The summed E-state index contributed by atoms with van der Waals surface area (Å²) >= 11 is 0. The number of ether oxygens (including phenoxy) is 1. The molecule has 1 aromatic rings. The zero-order chi connectivity index (χ0) is 14.5. The molecule has 4 nitrogen and oxygen atoms in total. The Morgan fingerprint density at radius 3 is 2.76 bits per heavy atom. The number of aryl methyl sites for hydroxylation is 1. The van der Waals surface area contributed by atoms with E-state index in [4.69, 9.17) is 4.74 Å². The Balaban J connectivity index is 0.00000220. The van der Waals surface area contributed by atoms with Gasteiger partial charge in [-0.15, -0.1) is 12.4 Å². The standard InChI is InChI=1S/C16H24N2O2.ClH/c1-4-20-15-7-11(2)5-6-13(15)10-18-16(19)12(3)14-8-17-9-14;/h5-7,12,14,17H,4,8-10H2,1-3H3,(H,18,19);1H.